The Labute approximate surface area is 169 Å². The minimum Gasteiger partial charge on any atom is -0.480 e. The van der Waals surface area contributed by atoms with Crippen LogP contribution < -0.4 is 15.4 Å². The summed E-state index contributed by atoms with van der Waals surface area (Å²) in [5.74, 6) is -1.51. The molecular formula is C17H17F3N4O5S. The number of hydrogen-bond acceptors (Lipinski definition) is 7. The molecule has 0 saturated carbocycles. The van der Waals surface area contributed by atoms with Gasteiger partial charge < -0.3 is 20.5 Å². The predicted octanol–water partition coefficient (Wildman–Crippen LogP) is 1.53. The lowest BCUT2D eigenvalue weighted by Crippen LogP contribution is -2.58. The summed E-state index contributed by atoms with van der Waals surface area (Å²) in [6.45, 7) is -0.165. The van der Waals surface area contributed by atoms with Crippen molar-refractivity contribution in [1.82, 2.24) is 9.29 Å². The van der Waals surface area contributed by atoms with E-state index in [9.17, 15) is 31.5 Å². The maximum Gasteiger partial charge on any atom is 0.573 e. The molecule has 30 heavy (non-hydrogen) atoms. The highest BCUT2D eigenvalue weighted by atomic mass is 32.2. The fourth-order valence-electron chi connectivity index (χ4n) is 3.00. The number of benzene rings is 1. The van der Waals surface area contributed by atoms with Gasteiger partial charge in [-0.1, -0.05) is 0 Å². The number of piperazine rings is 1. The zero-order chi connectivity index (χ0) is 22.1. The monoisotopic (exact) mass is 446 g/mol. The molecule has 3 N–H and O–H groups in total. The first-order valence-electron chi connectivity index (χ1n) is 8.54. The van der Waals surface area contributed by atoms with Crippen molar-refractivity contribution in [3.8, 4) is 5.75 Å². The molecule has 1 aliphatic heterocycles. The lowest BCUT2D eigenvalue weighted by molar-refractivity contribution is -0.274. The molecule has 3 rings (SSSR count). The van der Waals surface area contributed by atoms with Gasteiger partial charge in [-0.15, -0.1) is 13.2 Å². The van der Waals surface area contributed by atoms with E-state index in [0.29, 0.717) is 11.5 Å². The molecule has 13 heteroatoms. The van der Waals surface area contributed by atoms with Gasteiger partial charge in [0.1, 0.15) is 17.6 Å². The van der Waals surface area contributed by atoms with Gasteiger partial charge in [0, 0.05) is 19.6 Å². The minimum absolute atomic E-state index is 0.161. The van der Waals surface area contributed by atoms with Gasteiger partial charge in [-0.2, -0.15) is 4.31 Å². The molecule has 0 bridgehead atoms. The molecule has 9 nitrogen and oxygen atoms in total. The van der Waals surface area contributed by atoms with E-state index in [-0.39, 0.29) is 24.5 Å². The molecule has 0 aliphatic carbocycles. The van der Waals surface area contributed by atoms with Crippen molar-refractivity contribution in [2.75, 3.05) is 30.3 Å². The number of nitrogens with zero attached hydrogens (tertiary/aromatic N) is 3. The molecular weight excluding hydrogens is 429 g/mol. The molecule has 0 unspecified atom stereocenters. The molecule has 162 valence electrons. The first-order valence-corrected chi connectivity index (χ1v) is 9.98. The Bertz CT molecular complexity index is 1010. The predicted molar refractivity (Wildman–Crippen MR) is 99.3 cm³/mol. The van der Waals surface area contributed by atoms with Crippen LogP contribution in [0, 0.1) is 0 Å². The molecule has 1 aliphatic rings. The maximum absolute atomic E-state index is 12.9. The molecule has 0 radical (unpaired) electrons. The Morgan fingerprint density at radius 1 is 1.17 bits per heavy atom. The van der Waals surface area contributed by atoms with Crippen molar-refractivity contribution in [1.29, 1.82) is 0 Å². The number of halogens is 3. The standard InChI is InChI=1S/C17H17F3N4O5S/c18-17(19,20)29-12-2-4-13(5-3-12)30(27,28)24-8-7-23(10-14(24)16(25)26)15-6-1-11(21)9-22-15/h1-6,9,14H,7-8,10,21H2,(H,25,26)/t14-/m1/s1. The number of rotatable bonds is 5. The summed E-state index contributed by atoms with van der Waals surface area (Å²) in [6, 6.07) is 5.33. The van der Waals surface area contributed by atoms with Crippen molar-refractivity contribution < 1.29 is 36.2 Å². The Balaban J connectivity index is 1.82. The Morgan fingerprint density at radius 3 is 2.37 bits per heavy atom. The second kappa shape index (κ2) is 7.99. The van der Waals surface area contributed by atoms with Crippen molar-refractivity contribution in [2.45, 2.75) is 17.3 Å². The van der Waals surface area contributed by atoms with E-state index in [1.807, 2.05) is 0 Å². The van der Waals surface area contributed by atoms with Gasteiger partial charge in [-0.05, 0) is 36.4 Å². The van der Waals surface area contributed by atoms with Gasteiger partial charge in [0.25, 0.3) is 0 Å². The number of anilines is 2. The van der Waals surface area contributed by atoms with E-state index in [0.717, 1.165) is 28.6 Å². The van der Waals surface area contributed by atoms with E-state index in [4.69, 9.17) is 5.73 Å². The minimum atomic E-state index is -4.92. The number of carboxylic acid groups (broad SMARTS) is 1. The van der Waals surface area contributed by atoms with E-state index in [1.54, 1.807) is 17.0 Å². The molecule has 1 atom stereocenters. The highest BCUT2D eigenvalue weighted by molar-refractivity contribution is 7.89. The van der Waals surface area contributed by atoms with Gasteiger partial charge >= 0.3 is 12.3 Å². The van der Waals surface area contributed by atoms with Crippen LogP contribution in [0.3, 0.4) is 0 Å². The lowest BCUT2D eigenvalue weighted by atomic mass is 10.2. The van der Waals surface area contributed by atoms with E-state index < -0.39 is 34.1 Å². The second-order valence-corrected chi connectivity index (χ2v) is 8.28. The molecule has 1 saturated heterocycles. The molecule has 1 fully saturated rings. The number of aliphatic carboxylic acids is 1. The maximum atomic E-state index is 12.9. The lowest BCUT2D eigenvalue weighted by Gasteiger charge is -2.38. The highest BCUT2D eigenvalue weighted by Crippen LogP contribution is 2.27. The molecule has 2 heterocycles. The average Bonchev–Trinajstić information content (AvgIpc) is 2.67. The number of nitrogens with two attached hydrogens (primary N) is 1. The number of alkyl halides is 3. The van der Waals surface area contributed by atoms with Crippen molar-refractivity contribution in [3.63, 3.8) is 0 Å². The van der Waals surface area contributed by atoms with Crippen LogP contribution in [0.1, 0.15) is 0 Å². The third kappa shape index (κ3) is 4.74. The van der Waals surface area contributed by atoms with Crippen LogP contribution in [0.5, 0.6) is 5.75 Å². The topological polar surface area (TPSA) is 126 Å². The second-order valence-electron chi connectivity index (χ2n) is 6.38. The highest BCUT2D eigenvalue weighted by Gasteiger charge is 2.40. The number of pyridine rings is 1. The van der Waals surface area contributed by atoms with Crippen LogP contribution in [-0.4, -0.2) is 60.8 Å². The van der Waals surface area contributed by atoms with Gasteiger partial charge in [-0.25, -0.2) is 13.4 Å². The molecule has 1 aromatic carbocycles. The van der Waals surface area contributed by atoms with Crippen LogP contribution in [0.15, 0.2) is 47.5 Å². The Hall–Kier alpha value is -3.06. The summed E-state index contributed by atoms with van der Waals surface area (Å²) in [7, 11) is -4.28. The fraction of sp³-hybridized carbons (Fsp3) is 0.294. The molecule has 2 aromatic rings. The normalized spacial score (nSPS) is 18.2. The molecule has 0 spiro atoms. The fourth-order valence-corrected chi connectivity index (χ4v) is 4.56. The van der Waals surface area contributed by atoms with Gasteiger partial charge in [-0.3, -0.25) is 4.79 Å². The number of ether oxygens (including phenoxy) is 1. The smallest absolute Gasteiger partial charge is 0.480 e. The van der Waals surface area contributed by atoms with E-state index in [1.165, 1.54) is 6.20 Å². The Morgan fingerprint density at radius 2 is 1.83 bits per heavy atom. The number of carboxylic acids is 1. The number of aromatic nitrogens is 1. The van der Waals surface area contributed by atoms with E-state index >= 15 is 0 Å². The summed E-state index contributed by atoms with van der Waals surface area (Å²) in [6.07, 6.45) is -3.51. The van der Waals surface area contributed by atoms with Crippen molar-refractivity contribution in [3.05, 3.63) is 42.6 Å². The van der Waals surface area contributed by atoms with Crippen LogP contribution >= 0.6 is 0 Å². The van der Waals surface area contributed by atoms with Gasteiger partial charge in [0.2, 0.25) is 10.0 Å². The first kappa shape index (κ1) is 21.6. The van der Waals surface area contributed by atoms with Crippen molar-refractivity contribution >= 4 is 27.5 Å². The largest absolute Gasteiger partial charge is 0.573 e. The van der Waals surface area contributed by atoms with Crippen LogP contribution in [0.25, 0.3) is 0 Å². The Kier molecular flexibility index (Phi) is 5.76. The van der Waals surface area contributed by atoms with Crippen LogP contribution in [-0.2, 0) is 14.8 Å². The summed E-state index contributed by atoms with van der Waals surface area (Å²) >= 11 is 0. The quantitative estimate of drug-likeness (QED) is 0.708. The number of nitrogen functional groups attached to an aromatic ring is 1. The first-order chi connectivity index (χ1) is 14.0. The number of hydrogen-bond donors (Lipinski definition) is 2. The summed E-state index contributed by atoms with van der Waals surface area (Å²) in [5.41, 5.74) is 6.01. The number of sulfonamides is 1. The average molecular weight is 446 g/mol. The number of carbonyl (C=O) groups is 1. The molecule has 1 aromatic heterocycles. The van der Waals surface area contributed by atoms with Gasteiger partial charge in [0.15, 0.2) is 0 Å². The van der Waals surface area contributed by atoms with Crippen LogP contribution in [0.4, 0.5) is 24.7 Å². The summed E-state index contributed by atoms with van der Waals surface area (Å²) < 4.78 is 67.2. The SMILES string of the molecule is Nc1ccc(N2CCN(S(=O)(=O)c3ccc(OC(F)(F)F)cc3)[C@@H](C(=O)O)C2)nc1. The summed E-state index contributed by atoms with van der Waals surface area (Å²) in [5, 5.41) is 9.58. The third-order valence-electron chi connectivity index (χ3n) is 4.37. The van der Waals surface area contributed by atoms with Crippen LogP contribution in [0.2, 0.25) is 0 Å². The summed E-state index contributed by atoms with van der Waals surface area (Å²) in [4.78, 5) is 17.2. The van der Waals surface area contributed by atoms with Crippen molar-refractivity contribution in [2.24, 2.45) is 0 Å². The van der Waals surface area contributed by atoms with E-state index in [2.05, 4.69) is 9.72 Å². The zero-order valence-electron chi connectivity index (χ0n) is 15.3. The van der Waals surface area contributed by atoms with Gasteiger partial charge in [0.05, 0.1) is 16.8 Å². The zero-order valence-corrected chi connectivity index (χ0v) is 16.1. The molecule has 0 amide bonds. The third-order valence-corrected chi connectivity index (χ3v) is 6.30.